The number of aromatic nitrogens is 2. The third-order valence-corrected chi connectivity index (χ3v) is 5.70. The fraction of sp³-hybridized carbons (Fsp3) is 0.800. The van der Waals surface area contributed by atoms with Gasteiger partial charge >= 0.3 is 0 Å². The van der Waals surface area contributed by atoms with Crippen LogP contribution in [0.25, 0.3) is 0 Å². The van der Waals surface area contributed by atoms with E-state index in [0.717, 1.165) is 62.8 Å². The molecule has 4 rings (SSSR count). The Morgan fingerprint density at radius 1 is 1.37 bits per heavy atom. The smallest absolute Gasteiger partial charge is 0.194 e. The molecule has 1 aliphatic heterocycles. The van der Waals surface area contributed by atoms with Crippen molar-refractivity contribution in [2.75, 3.05) is 45.9 Å². The van der Waals surface area contributed by atoms with E-state index < -0.39 is 0 Å². The summed E-state index contributed by atoms with van der Waals surface area (Å²) in [7, 11) is 1.95. The van der Waals surface area contributed by atoms with Gasteiger partial charge in [0.15, 0.2) is 5.96 Å². The van der Waals surface area contributed by atoms with Crippen molar-refractivity contribution in [2.24, 2.45) is 18.0 Å². The van der Waals surface area contributed by atoms with Crippen LogP contribution in [0.3, 0.4) is 0 Å². The molecule has 0 amide bonds. The Kier molecular flexibility index (Phi) is 5.98. The van der Waals surface area contributed by atoms with Crippen molar-refractivity contribution in [2.45, 2.75) is 44.8 Å². The summed E-state index contributed by atoms with van der Waals surface area (Å²) in [5, 5.41) is 7.77. The molecule has 7 nitrogen and oxygen atoms in total. The highest BCUT2D eigenvalue weighted by Crippen LogP contribution is 2.34. The molecule has 150 valence electrons. The summed E-state index contributed by atoms with van der Waals surface area (Å²) in [5.74, 6) is 1.99. The largest absolute Gasteiger partial charge is 0.370 e. The van der Waals surface area contributed by atoms with E-state index >= 15 is 0 Å². The maximum atomic E-state index is 5.98. The molecule has 1 aromatic heterocycles. The lowest BCUT2D eigenvalue weighted by Crippen LogP contribution is -2.48. The molecule has 1 unspecified atom stereocenters. The Morgan fingerprint density at radius 3 is 2.89 bits per heavy atom. The first-order valence-electron chi connectivity index (χ1n) is 10.6. The van der Waals surface area contributed by atoms with Gasteiger partial charge in [0.1, 0.15) is 6.10 Å². The maximum absolute atomic E-state index is 5.98. The molecular formula is C20H34N6O. The Morgan fingerprint density at radius 2 is 2.22 bits per heavy atom. The number of hydrogen-bond donors (Lipinski definition) is 1. The molecule has 0 spiro atoms. The molecule has 2 saturated carbocycles. The van der Waals surface area contributed by atoms with Crippen molar-refractivity contribution in [1.29, 1.82) is 0 Å². The number of morpholine rings is 1. The van der Waals surface area contributed by atoms with E-state index in [1.807, 2.05) is 24.1 Å². The average molecular weight is 375 g/mol. The first-order chi connectivity index (χ1) is 13.2. The molecule has 0 aromatic carbocycles. The molecule has 0 bridgehead atoms. The standard InChI is InChI=1S/C20H34N6O/c1-3-21-20(22-8-9-25(18-6-7-18)13-16-4-5-16)26-10-11-27-19(15-26)17-12-23-24(2)14-17/h12,14,16,18-19H,3-11,13,15H2,1-2H3,(H,21,22). The highest BCUT2D eigenvalue weighted by atomic mass is 16.5. The lowest BCUT2D eigenvalue weighted by Gasteiger charge is -2.35. The second-order valence-electron chi connectivity index (χ2n) is 8.16. The first kappa shape index (κ1) is 18.7. The molecule has 3 fully saturated rings. The van der Waals surface area contributed by atoms with Crippen LogP contribution in [0.4, 0.5) is 0 Å². The van der Waals surface area contributed by atoms with Crippen molar-refractivity contribution in [3.8, 4) is 0 Å². The predicted molar refractivity (Wildman–Crippen MR) is 107 cm³/mol. The van der Waals surface area contributed by atoms with E-state index in [-0.39, 0.29) is 6.10 Å². The molecule has 0 radical (unpaired) electrons. The van der Waals surface area contributed by atoms with E-state index in [2.05, 4.69) is 27.1 Å². The zero-order chi connectivity index (χ0) is 18.6. The van der Waals surface area contributed by atoms with Crippen molar-refractivity contribution in [3.63, 3.8) is 0 Å². The molecule has 1 saturated heterocycles. The van der Waals surface area contributed by atoms with Gasteiger partial charge in [-0.1, -0.05) is 0 Å². The zero-order valence-electron chi connectivity index (χ0n) is 16.8. The monoisotopic (exact) mass is 374 g/mol. The second kappa shape index (κ2) is 8.61. The van der Waals surface area contributed by atoms with Gasteiger partial charge in [-0.25, -0.2) is 0 Å². The molecule has 3 aliphatic rings. The number of ether oxygens (including phenoxy) is 1. The molecule has 1 aromatic rings. The fourth-order valence-electron chi connectivity index (χ4n) is 3.85. The van der Waals surface area contributed by atoms with Crippen molar-refractivity contribution in [1.82, 2.24) is 24.9 Å². The van der Waals surface area contributed by atoms with Crippen LogP contribution in [0, 0.1) is 5.92 Å². The van der Waals surface area contributed by atoms with Gasteiger partial charge in [-0.3, -0.25) is 14.6 Å². The van der Waals surface area contributed by atoms with Gasteiger partial charge in [0.25, 0.3) is 0 Å². The number of nitrogens with one attached hydrogen (secondary N) is 1. The van der Waals surface area contributed by atoms with Crippen LogP contribution in [0.5, 0.6) is 0 Å². The highest BCUT2D eigenvalue weighted by Gasteiger charge is 2.33. The molecular weight excluding hydrogens is 340 g/mol. The third-order valence-electron chi connectivity index (χ3n) is 5.70. The van der Waals surface area contributed by atoms with E-state index in [1.165, 1.54) is 32.2 Å². The molecule has 1 N–H and O–H groups in total. The van der Waals surface area contributed by atoms with Gasteiger partial charge in [0, 0.05) is 51.0 Å². The van der Waals surface area contributed by atoms with Crippen molar-refractivity contribution >= 4 is 5.96 Å². The summed E-state index contributed by atoms with van der Waals surface area (Å²) in [5.41, 5.74) is 1.14. The number of hydrogen-bond acceptors (Lipinski definition) is 4. The Bertz CT molecular complexity index is 636. The van der Waals surface area contributed by atoms with Crippen LogP contribution < -0.4 is 5.32 Å². The molecule has 7 heteroatoms. The zero-order valence-corrected chi connectivity index (χ0v) is 16.8. The predicted octanol–water partition coefficient (Wildman–Crippen LogP) is 1.63. The minimum absolute atomic E-state index is 0.0640. The minimum atomic E-state index is 0.0640. The SMILES string of the molecule is CCNC(=NCCN(CC1CC1)C1CC1)N1CCOC(c2cnn(C)c2)C1. The Hall–Kier alpha value is -1.60. The minimum Gasteiger partial charge on any atom is -0.370 e. The molecule has 27 heavy (non-hydrogen) atoms. The highest BCUT2D eigenvalue weighted by molar-refractivity contribution is 5.80. The topological polar surface area (TPSA) is 57.9 Å². The number of nitrogens with zero attached hydrogens (tertiary/aromatic N) is 5. The third kappa shape index (κ3) is 5.23. The summed E-state index contributed by atoms with van der Waals surface area (Å²) < 4.78 is 7.82. The van der Waals surface area contributed by atoms with Crippen LogP contribution >= 0.6 is 0 Å². The van der Waals surface area contributed by atoms with E-state index in [0.29, 0.717) is 0 Å². The second-order valence-corrected chi connectivity index (χ2v) is 8.16. The number of guanidine groups is 1. The van der Waals surface area contributed by atoms with Gasteiger partial charge in [-0.05, 0) is 38.5 Å². The Labute approximate surface area is 162 Å². The van der Waals surface area contributed by atoms with E-state index in [4.69, 9.17) is 9.73 Å². The van der Waals surface area contributed by atoms with Crippen LogP contribution in [0.2, 0.25) is 0 Å². The van der Waals surface area contributed by atoms with Crippen LogP contribution in [-0.4, -0.2) is 77.5 Å². The van der Waals surface area contributed by atoms with Gasteiger partial charge in [0.05, 0.1) is 25.9 Å². The van der Waals surface area contributed by atoms with E-state index in [9.17, 15) is 0 Å². The number of aliphatic imine (C=N–C) groups is 1. The lowest BCUT2D eigenvalue weighted by atomic mass is 10.1. The Balaban J connectivity index is 1.34. The number of aryl methyl sites for hydroxylation is 1. The summed E-state index contributed by atoms with van der Waals surface area (Å²) in [6, 6.07) is 0.835. The van der Waals surface area contributed by atoms with Crippen LogP contribution in [0.15, 0.2) is 17.4 Å². The fourth-order valence-corrected chi connectivity index (χ4v) is 3.85. The maximum Gasteiger partial charge on any atom is 0.194 e. The average Bonchev–Trinajstić information content (AvgIpc) is 3.60. The van der Waals surface area contributed by atoms with Crippen LogP contribution in [-0.2, 0) is 11.8 Å². The quantitative estimate of drug-likeness (QED) is 0.554. The van der Waals surface area contributed by atoms with Crippen molar-refractivity contribution in [3.05, 3.63) is 18.0 Å². The first-order valence-corrected chi connectivity index (χ1v) is 10.6. The summed E-state index contributed by atoms with van der Waals surface area (Å²) in [6.45, 7) is 8.72. The summed E-state index contributed by atoms with van der Waals surface area (Å²) in [4.78, 5) is 9.98. The lowest BCUT2D eigenvalue weighted by molar-refractivity contribution is -0.00805. The normalized spacial score (nSPS) is 23.9. The van der Waals surface area contributed by atoms with E-state index in [1.54, 1.807) is 0 Å². The molecule has 2 heterocycles. The molecule has 2 aliphatic carbocycles. The van der Waals surface area contributed by atoms with Gasteiger partial charge < -0.3 is 15.0 Å². The number of rotatable bonds is 8. The molecule has 1 atom stereocenters. The van der Waals surface area contributed by atoms with Crippen LogP contribution in [0.1, 0.15) is 44.3 Å². The van der Waals surface area contributed by atoms with Crippen molar-refractivity contribution < 1.29 is 4.74 Å². The van der Waals surface area contributed by atoms with Gasteiger partial charge in [0.2, 0.25) is 0 Å². The van der Waals surface area contributed by atoms with Gasteiger partial charge in [-0.15, -0.1) is 0 Å². The van der Waals surface area contributed by atoms with Gasteiger partial charge in [-0.2, -0.15) is 5.10 Å². The summed E-state index contributed by atoms with van der Waals surface area (Å²) in [6.07, 6.45) is 9.64. The summed E-state index contributed by atoms with van der Waals surface area (Å²) >= 11 is 0.